The fraction of sp³-hybridized carbons (Fsp3) is 0.533. The zero-order chi connectivity index (χ0) is 15.2. The molecule has 1 fully saturated rings. The monoisotopic (exact) mass is 311 g/mol. The molecular formula is C15H22ClN3O2. The molecule has 6 heteroatoms. The molecule has 0 bridgehead atoms. The highest BCUT2D eigenvalue weighted by Crippen LogP contribution is 2.24. The Hall–Kier alpha value is -1.30. The molecule has 0 saturated carbocycles. The van der Waals surface area contributed by atoms with Gasteiger partial charge in [0.25, 0.3) is 0 Å². The van der Waals surface area contributed by atoms with Crippen molar-refractivity contribution in [2.24, 2.45) is 0 Å². The van der Waals surface area contributed by atoms with Crippen molar-refractivity contribution in [1.82, 2.24) is 4.90 Å². The highest BCUT2D eigenvalue weighted by Gasteiger charge is 2.18. The number of halogens is 1. The number of rotatable bonds is 5. The van der Waals surface area contributed by atoms with Crippen LogP contribution in [0.2, 0.25) is 5.02 Å². The molecule has 3 N–H and O–H groups in total. The van der Waals surface area contributed by atoms with E-state index in [1.54, 1.807) is 18.2 Å². The molecule has 1 aliphatic rings. The number of nitrogens with one attached hydrogen (secondary N) is 1. The number of hydrogen-bond acceptors (Lipinski definition) is 4. The van der Waals surface area contributed by atoms with Gasteiger partial charge in [0.15, 0.2) is 0 Å². The van der Waals surface area contributed by atoms with Gasteiger partial charge in [0.1, 0.15) is 0 Å². The van der Waals surface area contributed by atoms with Gasteiger partial charge in [-0.25, -0.2) is 0 Å². The second-order valence-corrected chi connectivity index (χ2v) is 5.76. The van der Waals surface area contributed by atoms with Gasteiger partial charge in [0.2, 0.25) is 5.91 Å². The number of nitrogens with zero attached hydrogens (tertiary/aromatic N) is 1. The lowest BCUT2D eigenvalue weighted by atomic mass is 10.2. The number of nitrogen functional groups attached to an aromatic ring is 1. The molecule has 0 radical (unpaired) electrons. The summed E-state index contributed by atoms with van der Waals surface area (Å²) in [6.45, 7) is 5.54. The van der Waals surface area contributed by atoms with Crippen LogP contribution in [-0.4, -0.2) is 43.2 Å². The first kappa shape index (κ1) is 16.1. The van der Waals surface area contributed by atoms with Gasteiger partial charge in [-0.1, -0.05) is 11.6 Å². The maximum atomic E-state index is 11.9. The first-order chi connectivity index (χ1) is 10.1. The lowest BCUT2D eigenvalue weighted by Gasteiger charge is -2.33. The molecule has 1 heterocycles. The number of hydrogen-bond donors (Lipinski definition) is 2. The van der Waals surface area contributed by atoms with Gasteiger partial charge in [-0.15, -0.1) is 0 Å². The van der Waals surface area contributed by atoms with Crippen molar-refractivity contribution in [3.05, 3.63) is 23.2 Å². The van der Waals surface area contributed by atoms with Crippen molar-refractivity contribution in [2.75, 3.05) is 37.4 Å². The second kappa shape index (κ2) is 7.64. The van der Waals surface area contributed by atoms with Crippen LogP contribution in [0.3, 0.4) is 0 Å². The Bertz CT molecular complexity index is 496. The second-order valence-electron chi connectivity index (χ2n) is 5.35. The van der Waals surface area contributed by atoms with Crippen LogP contribution >= 0.6 is 11.6 Å². The van der Waals surface area contributed by atoms with E-state index in [9.17, 15) is 4.79 Å². The lowest BCUT2D eigenvalue weighted by molar-refractivity contribution is -0.116. The first-order valence-electron chi connectivity index (χ1n) is 7.23. The van der Waals surface area contributed by atoms with Crippen molar-refractivity contribution < 1.29 is 9.53 Å². The highest BCUT2D eigenvalue weighted by atomic mass is 35.5. The standard InChI is InChI=1S/C15H22ClN3O2/c1-11-10-21-8-7-19(11)6-2-3-15(20)18-14-5-4-12(17)9-13(14)16/h4-5,9,11H,2-3,6-8,10,17H2,1H3,(H,18,20). The van der Waals surface area contributed by atoms with Crippen LogP contribution in [0.25, 0.3) is 0 Å². The minimum Gasteiger partial charge on any atom is -0.399 e. The summed E-state index contributed by atoms with van der Waals surface area (Å²) in [5.74, 6) is -0.0254. The van der Waals surface area contributed by atoms with Crippen LogP contribution in [0.15, 0.2) is 18.2 Å². The molecule has 0 aromatic heterocycles. The Morgan fingerprint density at radius 1 is 1.57 bits per heavy atom. The number of ether oxygens (including phenoxy) is 1. The van der Waals surface area contributed by atoms with E-state index in [2.05, 4.69) is 17.1 Å². The smallest absolute Gasteiger partial charge is 0.224 e. The van der Waals surface area contributed by atoms with Crippen molar-refractivity contribution in [2.45, 2.75) is 25.8 Å². The van der Waals surface area contributed by atoms with Crippen molar-refractivity contribution in [3.8, 4) is 0 Å². The summed E-state index contributed by atoms with van der Waals surface area (Å²) in [6.07, 6.45) is 1.30. The third kappa shape index (κ3) is 4.88. The summed E-state index contributed by atoms with van der Waals surface area (Å²) in [5.41, 5.74) is 6.81. The normalized spacial score (nSPS) is 19.4. The minimum absolute atomic E-state index is 0.0254. The summed E-state index contributed by atoms with van der Waals surface area (Å²) in [7, 11) is 0. The Labute approximate surface area is 130 Å². The van der Waals surface area contributed by atoms with Crippen LogP contribution in [0.4, 0.5) is 11.4 Å². The summed E-state index contributed by atoms with van der Waals surface area (Å²) >= 11 is 6.03. The van der Waals surface area contributed by atoms with Gasteiger partial charge in [-0.05, 0) is 38.1 Å². The predicted molar refractivity (Wildman–Crippen MR) is 85.6 cm³/mol. The number of carbonyl (C=O) groups is 1. The van der Waals surface area contributed by atoms with E-state index in [0.29, 0.717) is 28.9 Å². The minimum atomic E-state index is -0.0254. The summed E-state index contributed by atoms with van der Waals surface area (Å²) < 4.78 is 5.40. The van der Waals surface area contributed by atoms with Crippen LogP contribution in [0.5, 0.6) is 0 Å². The van der Waals surface area contributed by atoms with E-state index in [1.165, 1.54) is 0 Å². The molecule has 1 unspecified atom stereocenters. The third-order valence-electron chi connectivity index (χ3n) is 3.62. The van der Waals surface area contributed by atoms with Crippen molar-refractivity contribution in [1.29, 1.82) is 0 Å². The molecule has 5 nitrogen and oxygen atoms in total. The van der Waals surface area contributed by atoms with E-state index >= 15 is 0 Å². The quantitative estimate of drug-likeness (QED) is 0.819. The molecule has 2 rings (SSSR count). The van der Waals surface area contributed by atoms with Crippen molar-refractivity contribution in [3.63, 3.8) is 0 Å². The van der Waals surface area contributed by atoms with Crippen LogP contribution in [0, 0.1) is 0 Å². The number of amides is 1. The molecule has 1 aromatic rings. The largest absolute Gasteiger partial charge is 0.399 e. The molecule has 1 aliphatic heterocycles. The summed E-state index contributed by atoms with van der Waals surface area (Å²) in [5, 5.41) is 3.28. The number of benzene rings is 1. The van der Waals surface area contributed by atoms with E-state index in [-0.39, 0.29) is 5.91 Å². The molecule has 1 aromatic carbocycles. The summed E-state index contributed by atoms with van der Waals surface area (Å²) in [6, 6.07) is 5.50. The highest BCUT2D eigenvalue weighted by molar-refractivity contribution is 6.34. The Morgan fingerprint density at radius 2 is 2.38 bits per heavy atom. The van der Waals surface area contributed by atoms with Crippen LogP contribution in [0.1, 0.15) is 19.8 Å². The molecular weight excluding hydrogens is 290 g/mol. The maximum Gasteiger partial charge on any atom is 0.224 e. The van der Waals surface area contributed by atoms with E-state index in [0.717, 1.165) is 32.7 Å². The Morgan fingerprint density at radius 3 is 3.10 bits per heavy atom. The average Bonchev–Trinajstić information content (AvgIpc) is 2.44. The van der Waals surface area contributed by atoms with Gasteiger partial charge < -0.3 is 15.8 Å². The fourth-order valence-electron chi connectivity index (χ4n) is 2.38. The molecule has 1 amide bonds. The molecule has 1 atom stereocenters. The number of morpholine rings is 1. The van der Waals surface area contributed by atoms with Crippen LogP contribution < -0.4 is 11.1 Å². The topological polar surface area (TPSA) is 67.6 Å². The Balaban J connectivity index is 1.74. The van der Waals surface area contributed by atoms with Gasteiger partial charge in [-0.2, -0.15) is 0 Å². The van der Waals surface area contributed by atoms with E-state index < -0.39 is 0 Å². The molecule has 1 saturated heterocycles. The molecule has 0 aliphatic carbocycles. The molecule has 116 valence electrons. The van der Waals surface area contributed by atoms with Gasteiger partial charge in [0, 0.05) is 24.7 Å². The zero-order valence-electron chi connectivity index (χ0n) is 12.3. The van der Waals surface area contributed by atoms with Gasteiger partial charge in [-0.3, -0.25) is 9.69 Å². The SMILES string of the molecule is CC1COCCN1CCCC(=O)Nc1ccc(N)cc1Cl. The van der Waals surface area contributed by atoms with Gasteiger partial charge in [0.05, 0.1) is 23.9 Å². The zero-order valence-corrected chi connectivity index (χ0v) is 13.0. The van der Waals surface area contributed by atoms with E-state index in [4.69, 9.17) is 22.1 Å². The predicted octanol–water partition coefficient (Wildman–Crippen LogP) is 2.36. The average molecular weight is 312 g/mol. The summed E-state index contributed by atoms with van der Waals surface area (Å²) in [4.78, 5) is 14.3. The maximum absolute atomic E-state index is 11.9. The fourth-order valence-corrected chi connectivity index (χ4v) is 2.62. The van der Waals surface area contributed by atoms with Crippen LogP contribution in [-0.2, 0) is 9.53 Å². The van der Waals surface area contributed by atoms with Crippen molar-refractivity contribution >= 4 is 28.9 Å². The van der Waals surface area contributed by atoms with E-state index in [1.807, 2.05) is 0 Å². The lowest BCUT2D eigenvalue weighted by Crippen LogP contribution is -2.44. The number of nitrogens with two attached hydrogens (primary N) is 1. The molecule has 0 spiro atoms. The third-order valence-corrected chi connectivity index (χ3v) is 3.93. The number of carbonyl (C=O) groups excluding carboxylic acids is 1. The first-order valence-corrected chi connectivity index (χ1v) is 7.60. The van der Waals surface area contributed by atoms with Gasteiger partial charge >= 0.3 is 0 Å². The number of anilines is 2. The molecule has 21 heavy (non-hydrogen) atoms. The Kier molecular flexibility index (Phi) is 5.85.